The summed E-state index contributed by atoms with van der Waals surface area (Å²) >= 11 is -0.509. The van der Waals surface area contributed by atoms with Crippen molar-refractivity contribution in [1.29, 1.82) is 0 Å². The number of methoxy groups -OCH3 is 3. The van der Waals surface area contributed by atoms with Crippen molar-refractivity contribution in [1.82, 2.24) is 0 Å². The van der Waals surface area contributed by atoms with Crippen LogP contribution in [0.4, 0.5) is 0 Å². The Bertz CT molecular complexity index is 600. The molecule has 0 unspecified atom stereocenters. The van der Waals surface area contributed by atoms with Crippen molar-refractivity contribution in [3.05, 3.63) is 0 Å². The number of rotatable bonds is 31. The van der Waals surface area contributed by atoms with Crippen LogP contribution < -0.4 is 0 Å². The molecule has 248 valence electrons. The van der Waals surface area contributed by atoms with Crippen molar-refractivity contribution in [3.8, 4) is 0 Å². The third-order valence-corrected chi connectivity index (χ3v) is 16.4. The summed E-state index contributed by atoms with van der Waals surface area (Å²) in [5.74, 6) is 1.31. The summed E-state index contributed by atoms with van der Waals surface area (Å²) in [6, 6.07) is 0. The number of hydrogen-bond acceptors (Lipinski definition) is 12. The fraction of sp³-hybridized carbons (Fsp3) is 0.897. The molecule has 0 atom stereocenters. The number of carbonyl (C=O) groups excluding carboxylic acids is 3. The molecule has 0 bridgehead atoms. The first-order chi connectivity index (χ1) is 20.4. The van der Waals surface area contributed by atoms with Crippen molar-refractivity contribution >= 4 is 72.8 Å². The first-order valence-corrected chi connectivity index (χ1v) is 24.3. The minimum absolute atomic E-state index is 0.125. The maximum atomic E-state index is 13.0. The summed E-state index contributed by atoms with van der Waals surface area (Å²) in [6.45, 7) is 4.22. The second-order valence-electron chi connectivity index (χ2n) is 9.88. The summed E-state index contributed by atoms with van der Waals surface area (Å²) in [6.07, 6.45) is 11.6. The van der Waals surface area contributed by atoms with Gasteiger partial charge in [0.05, 0.1) is 0 Å². The quantitative estimate of drug-likeness (QED) is 0.0577. The molecule has 0 aliphatic carbocycles. The predicted molar refractivity (Wildman–Crippen MR) is 178 cm³/mol. The van der Waals surface area contributed by atoms with Gasteiger partial charge in [0.2, 0.25) is 0 Å². The van der Waals surface area contributed by atoms with Crippen LogP contribution in [0.15, 0.2) is 0 Å². The Morgan fingerprint density at radius 3 is 1.21 bits per heavy atom. The zero-order valence-electron chi connectivity index (χ0n) is 26.5. The SMILES string of the molecule is CCCCCCC[CH2][Sn]([O]C(=O)CSCCCCOC)([O]C(=O)CSCCCCOC)[O]C(=O)CSCCCCOC. The predicted octanol–water partition coefficient (Wildman–Crippen LogP) is 6.39. The maximum absolute atomic E-state index is 13.0. The van der Waals surface area contributed by atoms with E-state index < -0.39 is 37.5 Å². The van der Waals surface area contributed by atoms with Gasteiger partial charge in [-0.2, -0.15) is 0 Å². The Morgan fingerprint density at radius 2 is 0.857 bits per heavy atom. The third-order valence-electron chi connectivity index (χ3n) is 5.97. The monoisotopic (exact) mass is 764 g/mol. The van der Waals surface area contributed by atoms with Gasteiger partial charge in [0.1, 0.15) is 0 Å². The molecule has 0 spiro atoms. The van der Waals surface area contributed by atoms with Gasteiger partial charge in [0.25, 0.3) is 0 Å². The van der Waals surface area contributed by atoms with Gasteiger partial charge in [0.15, 0.2) is 0 Å². The Morgan fingerprint density at radius 1 is 0.500 bits per heavy atom. The van der Waals surface area contributed by atoms with Crippen LogP contribution in [0.3, 0.4) is 0 Å². The Balaban J connectivity index is 5.36. The summed E-state index contributed by atoms with van der Waals surface area (Å²) in [7, 11) is 5.01. The van der Waals surface area contributed by atoms with Gasteiger partial charge >= 0.3 is 275 Å². The standard InChI is InChI=1S/C8H17.3C7H14O3S.Sn/c1-3-5-7-8-6-4-2;3*1-10-4-2-3-5-11-6-7(8)9;/h1,3-8H2,2H3;3*2-6H2,1H3,(H,8,9);/q;;;;+3/p-3. The fourth-order valence-corrected chi connectivity index (χ4v) is 13.8. The summed E-state index contributed by atoms with van der Waals surface area (Å²) in [5, 5.41) is 0. The molecule has 0 N–H and O–H groups in total. The van der Waals surface area contributed by atoms with Gasteiger partial charge < -0.3 is 0 Å². The summed E-state index contributed by atoms with van der Waals surface area (Å²) < 4.78 is 33.4. The molecule has 0 aliphatic rings. The van der Waals surface area contributed by atoms with E-state index in [4.69, 9.17) is 23.4 Å². The molecule has 0 aromatic rings. The number of unbranched alkanes of at least 4 members (excludes halogenated alkanes) is 8. The molecule has 0 rings (SSSR count). The minimum atomic E-state index is -4.91. The number of carbonyl (C=O) groups is 3. The Labute approximate surface area is 273 Å². The van der Waals surface area contributed by atoms with Crippen LogP contribution in [0, 0.1) is 0 Å². The zero-order valence-corrected chi connectivity index (χ0v) is 31.8. The third kappa shape index (κ3) is 26.5. The van der Waals surface area contributed by atoms with Gasteiger partial charge in [-0.1, -0.05) is 0 Å². The van der Waals surface area contributed by atoms with Crippen LogP contribution in [-0.2, 0) is 37.8 Å². The fourth-order valence-electron chi connectivity index (χ4n) is 3.76. The first-order valence-electron chi connectivity index (χ1n) is 15.3. The van der Waals surface area contributed by atoms with E-state index in [1.807, 2.05) is 0 Å². The van der Waals surface area contributed by atoms with E-state index in [-0.39, 0.29) is 17.3 Å². The van der Waals surface area contributed by atoms with Crippen molar-refractivity contribution in [3.63, 3.8) is 0 Å². The number of thioether (sulfide) groups is 3. The first kappa shape index (κ1) is 42.1. The van der Waals surface area contributed by atoms with E-state index in [2.05, 4.69) is 6.92 Å². The average molecular weight is 764 g/mol. The second-order valence-corrected chi connectivity index (χ2v) is 20.3. The molecule has 9 nitrogen and oxygen atoms in total. The van der Waals surface area contributed by atoms with E-state index in [9.17, 15) is 14.4 Å². The Hall–Kier alpha value is 0.139. The normalized spacial score (nSPS) is 11.4. The Kier molecular flexibility index (Phi) is 31.2. The zero-order chi connectivity index (χ0) is 31.2. The van der Waals surface area contributed by atoms with Crippen LogP contribution >= 0.6 is 35.3 Å². The van der Waals surface area contributed by atoms with Crippen LogP contribution in [0.25, 0.3) is 0 Å². The van der Waals surface area contributed by atoms with E-state index in [0.717, 1.165) is 87.9 Å². The van der Waals surface area contributed by atoms with E-state index >= 15 is 0 Å². The molecule has 0 radical (unpaired) electrons. The molecule has 0 aromatic carbocycles. The second kappa shape index (κ2) is 31.1. The van der Waals surface area contributed by atoms with Crippen LogP contribution in [0.5, 0.6) is 0 Å². The topological polar surface area (TPSA) is 107 Å². The number of ether oxygens (including phenoxy) is 3. The van der Waals surface area contributed by atoms with E-state index in [0.29, 0.717) is 30.7 Å². The molecular weight excluding hydrogens is 707 g/mol. The molecule has 13 heteroatoms. The molecule has 42 heavy (non-hydrogen) atoms. The number of hydrogen-bond donors (Lipinski definition) is 0. The molecule has 0 saturated carbocycles. The average Bonchev–Trinajstić information content (AvgIpc) is 2.96. The van der Waals surface area contributed by atoms with E-state index in [1.165, 1.54) is 35.3 Å². The van der Waals surface area contributed by atoms with Crippen LogP contribution in [-0.4, -0.2) is 113 Å². The molecule has 0 amide bonds. The molecule has 0 aliphatic heterocycles. The van der Waals surface area contributed by atoms with E-state index in [1.54, 1.807) is 21.3 Å². The van der Waals surface area contributed by atoms with Gasteiger partial charge in [-0.25, -0.2) is 0 Å². The van der Waals surface area contributed by atoms with Gasteiger partial charge in [-0.15, -0.1) is 0 Å². The van der Waals surface area contributed by atoms with Gasteiger partial charge in [0, 0.05) is 0 Å². The molecular formula is C29H56O9S3Sn. The van der Waals surface area contributed by atoms with Crippen molar-refractivity contribution in [2.24, 2.45) is 0 Å². The van der Waals surface area contributed by atoms with Crippen LogP contribution in [0.1, 0.15) is 84.0 Å². The van der Waals surface area contributed by atoms with Crippen molar-refractivity contribution in [2.75, 3.05) is 75.7 Å². The van der Waals surface area contributed by atoms with Crippen molar-refractivity contribution < 1.29 is 37.8 Å². The molecule has 0 saturated heterocycles. The van der Waals surface area contributed by atoms with Crippen LogP contribution in [0.2, 0.25) is 4.44 Å². The summed E-state index contributed by atoms with van der Waals surface area (Å²) in [5.41, 5.74) is 0. The molecule has 0 fully saturated rings. The molecule has 0 heterocycles. The molecule has 0 aromatic heterocycles. The summed E-state index contributed by atoms with van der Waals surface area (Å²) in [4.78, 5) is 38.9. The van der Waals surface area contributed by atoms with Gasteiger partial charge in [-0.05, 0) is 0 Å². The van der Waals surface area contributed by atoms with Crippen molar-refractivity contribution in [2.45, 2.75) is 88.4 Å². The van der Waals surface area contributed by atoms with Gasteiger partial charge in [-0.3, -0.25) is 0 Å².